The molecule has 0 amide bonds. The Balaban J connectivity index is 2.01. The normalized spacial score (nSPS) is 11.3. The average Bonchev–Trinajstić information content (AvgIpc) is 3.11. The predicted molar refractivity (Wildman–Crippen MR) is 80.3 cm³/mol. The molecule has 0 saturated heterocycles. The average molecular weight is 279 g/mol. The SMILES string of the molecule is COc1ccc(-c2onc3ccc4c(cnn4C)c23)cc1. The number of hydrogen-bond acceptors (Lipinski definition) is 4. The van der Waals surface area contributed by atoms with Gasteiger partial charge in [0, 0.05) is 18.0 Å². The van der Waals surface area contributed by atoms with Crippen LogP contribution in [-0.4, -0.2) is 22.0 Å². The molecule has 0 spiro atoms. The van der Waals surface area contributed by atoms with Crippen LogP contribution in [0.3, 0.4) is 0 Å². The number of benzene rings is 2. The van der Waals surface area contributed by atoms with E-state index in [1.807, 2.05) is 54.3 Å². The van der Waals surface area contributed by atoms with Crippen molar-refractivity contribution in [3.05, 3.63) is 42.6 Å². The van der Waals surface area contributed by atoms with Crippen LogP contribution in [0.2, 0.25) is 0 Å². The third kappa shape index (κ3) is 1.71. The summed E-state index contributed by atoms with van der Waals surface area (Å²) in [6.45, 7) is 0. The van der Waals surface area contributed by atoms with E-state index in [-0.39, 0.29) is 0 Å². The van der Waals surface area contributed by atoms with Gasteiger partial charge < -0.3 is 9.26 Å². The van der Waals surface area contributed by atoms with Gasteiger partial charge in [-0.05, 0) is 36.4 Å². The van der Waals surface area contributed by atoms with Crippen LogP contribution in [0.5, 0.6) is 5.75 Å². The number of hydrogen-bond donors (Lipinski definition) is 0. The maximum atomic E-state index is 5.56. The van der Waals surface area contributed by atoms with E-state index >= 15 is 0 Å². The lowest BCUT2D eigenvalue weighted by molar-refractivity contribution is 0.414. The number of rotatable bonds is 2. The van der Waals surface area contributed by atoms with Crippen LogP contribution < -0.4 is 4.74 Å². The van der Waals surface area contributed by atoms with Crippen molar-refractivity contribution in [1.29, 1.82) is 0 Å². The summed E-state index contributed by atoms with van der Waals surface area (Å²) in [6, 6.07) is 11.7. The molecule has 0 saturated carbocycles. The molecule has 2 heterocycles. The molecule has 0 bridgehead atoms. The van der Waals surface area contributed by atoms with E-state index in [0.717, 1.165) is 38.9 Å². The first-order valence-corrected chi connectivity index (χ1v) is 6.62. The Morgan fingerprint density at radius 3 is 2.67 bits per heavy atom. The minimum Gasteiger partial charge on any atom is -0.497 e. The van der Waals surface area contributed by atoms with Crippen LogP contribution in [-0.2, 0) is 7.05 Å². The van der Waals surface area contributed by atoms with E-state index in [4.69, 9.17) is 9.26 Å². The number of fused-ring (bicyclic) bond motifs is 3. The Hall–Kier alpha value is -2.82. The second kappa shape index (κ2) is 4.34. The second-order valence-corrected chi connectivity index (χ2v) is 4.90. The third-order valence-corrected chi connectivity index (χ3v) is 3.72. The lowest BCUT2D eigenvalue weighted by Crippen LogP contribution is -1.88. The van der Waals surface area contributed by atoms with Crippen LogP contribution in [0.1, 0.15) is 0 Å². The summed E-state index contributed by atoms with van der Waals surface area (Å²) in [5.74, 6) is 1.57. The fourth-order valence-electron chi connectivity index (χ4n) is 2.61. The van der Waals surface area contributed by atoms with Crippen LogP contribution in [0.15, 0.2) is 47.1 Å². The molecule has 2 aromatic heterocycles. The van der Waals surface area contributed by atoms with Crippen molar-refractivity contribution in [2.75, 3.05) is 7.11 Å². The fraction of sp³-hybridized carbons (Fsp3) is 0.125. The highest BCUT2D eigenvalue weighted by Crippen LogP contribution is 2.34. The van der Waals surface area contributed by atoms with E-state index in [9.17, 15) is 0 Å². The van der Waals surface area contributed by atoms with E-state index in [0.29, 0.717) is 0 Å². The second-order valence-electron chi connectivity index (χ2n) is 4.90. The molecule has 104 valence electrons. The molecule has 0 N–H and O–H groups in total. The molecular weight excluding hydrogens is 266 g/mol. The van der Waals surface area contributed by atoms with Crippen molar-refractivity contribution in [3.8, 4) is 17.1 Å². The first-order valence-electron chi connectivity index (χ1n) is 6.62. The number of nitrogens with zero attached hydrogens (tertiary/aromatic N) is 3. The molecule has 2 aromatic carbocycles. The van der Waals surface area contributed by atoms with Gasteiger partial charge in [0.05, 0.1) is 24.2 Å². The molecule has 5 nitrogen and oxygen atoms in total. The molecule has 0 unspecified atom stereocenters. The van der Waals surface area contributed by atoms with Crippen molar-refractivity contribution >= 4 is 21.8 Å². The topological polar surface area (TPSA) is 53.1 Å². The smallest absolute Gasteiger partial charge is 0.175 e. The van der Waals surface area contributed by atoms with Crippen molar-refractivity contribution in [3.63, 3.8) is 0 Å². The van der Waals surface area contributed by atoms with Crippen LogP contribution in [0.25, 0.3) is 33.1 Å². The summed E-state index contributed by atoms with van der Waals surface area (Å²) in [5, 5.41) is 10.5. The van der Waals surface area contributed by atoms with Crippen LogP contribution >= 0.6 is 0 Å². The Labute approximate surface area is 120 Å². The summed E-state index contributed by atoms with van der Waals surface area (Å²) in [6.07, 6.45) is 1.85. The van der Waals surface area contributed by atoms with E-state index in [1.165, 1.54) is 0 Å². The molecule has 0 aliphatic carbocycles. The van der Waals surface area contributed by atoms with Gasteiger partial charge in [0.1, 0.15) is 11.3 Å². The molecule has 21 heavy (non-hydrogen) atoms. The number of ether oxygens (including phenoxy) is 1. The highest BCUT2D eigenvalue weighted by molar-refractivity contribution is 6.10. The minimum absolute atomic E-state index is 0.756. The summed E-state index contributed by atoms with van der Waals surface area (Å²) < 4.78 is 12.6. The molecule has 0 atom stereocenters. The fourth-order valence-corrected chi connectivity index (χ4v) is 2.61. The standard InChI is InChI=1S/C16H13N3O2/c1-19-14-8-7-13-15(12(14)9-17-19)16(21-18-13)10-3-5-11(20-2)6-4-10/h3-9H,1-2H3. The van der Waals surface area contributed by atoms with Crippen molar-refractivity contribution in [2.24, 2.45) is 7.05 Å². The van der Waals surface area contributed by atoms with Gasteiger partial charge in [-0.15, -0.1) is 0 Å². The van der Waals surface area contributed by atoms with E-state index in [1.54, 1.807) is 7.11 Å². The maximum absolute atomic E-state index is 5.56. The minimum atomic E-state index is 0.756. The molecule has 4 rings (SSSR count). The predicted octanol–water partition coefficient (Wildman–Crippen LogP) is 3.39. The highest BCUT2D eigenvalue weighted by atomic mass is 16.5. The molecule has 0 aliphatic rings. The lowest BCUT2D eigenvalue weighted by Gasteiger charge is -2.01. The molecule has 0 fully saturated rings. The molecule has 5 heteroatoms. The summed E-state index contributed by atoms with van der Waals surface area (Å²) >= 11 is 0. The van der Waals surface area contributed by atoms with Gasteiger partial charge in [-0.2, -0.15) is 5.10 Å². The quantitative estimate of drug-likeness (QED) is 0.564. The first-order chi connectivity index (χ1) is 10.3. The zero-order valence-electron chi connectivity index (χ0n) is 11.7. The Morgan fingerprint density at radius 2 is 1.90 bits per heavy atom. The monoisotopic (exact) mass is 279 g/mol. The summed E-state index contributed by atoms with van der Waals surface area (Å²) in [4.78, 5) is 0. The van der Waals surface area contributed by atoms with E-state index in [2.05, 4.69) is 10.3 Å². The van der Waals surface area contributed by atoms with E-state index < -0.39 is 0 Å². The van der Waals surface area contributed by atoms with Crippen molar-refractivity contribution < 1.29 is 9.26 Å². The van der Waals surface area contributed by atoms with Gasteiger partial charge in [0.15, 0.2) is 5.76 Å². The first kappa shape index (κ1) is 12.0. The summed E-state index contributed by atoms with van der Waals surface area (Å²) in [7, 11) is 3.58. The molecule has 0 radical (unpaired) electrons. The van der Waals surface area contributed by atoms with Crippen molar-refractivity contribution in [2.45, 2.75) is 0 Å². The van der Waals surface area contributed by atoms with Gasteiger partial charge >= 0.3 is 0 Å². The Bertz CT molecular complexity index is 935. The zero-order chi connectivity index (χ0) is 14.4. The molecular formula is C16H13N3O2. The third-order valence-electron chi connectivity index (χ3n) is 3.72. The van der Waals surface area contributed by atoms with Gasteiger partial charge in [-0.25, -0.2) is 0 Å². The number of aryl methyl sites for hydroxylation is 1. The summed E-state index contributed by atoms with van der Waals surface area (Å²) in [5.41, 5.74) is 2.86. The molecule has 4 aromatic rings. The Morgan fingerprint density at radius 1 is 1.10 bits per heavy atom. The molecule has 0 aliphatic heterocycles. The number of aromatic nitrogens is 3. The van der Waals surface area contributed by atoms with Gasteiger partial charge in [0.2, 0.25) is 0 Å². The van der Waals surface area contributed by atoms with Gasteiger partial charge in [0.25, 0.3) is 0 Å². The van der Waals surface area contributed by atoms with Gasteiger partial charge in [-0.3, -0.25) is 4.68 Å². The maximum Gasteiger partial charge on any atom is 0.175 e. The zero-order valence-corrected chi connectivity index (χ0v) is 11.7. The Kier molecular flexibility index (Phi) is 2.47. The van der Waals surface area contributed by atoms with Crippen LogP contribution in [0.4, 0.5) is 0 Å². The highest BCUT2D eigenvalue weighted by Gasteiger charge is 2.15. The van der Waals surface area contributed by atoms with Gasteiger partial charge in [-0.1, -0.05) is 5.16 Å². The van der Waals surface area contributed by atoms with Crippen molar-refractivity contribution in [1.82, 2.24) is 14.9 Å². The number of methoxy groups -OCH3 is 1. The van der Waals surface area contributed by atoms with Crippen LogP contribution in [0, 0.1) is 0 Å². The largest absolute Gasteiger partial charge is 0.497 e. The lowest BCUT2D eigenvalue weighted by atomic mass is 10.1.